The van der Waals surface area contributed by atoms with Crippen molar-refractivity contribution in [1.82, 2.24) is 10.2 Å². The molecule has 13 heteroatoms. The largest absolute Gasteiger partial charge is 0.475 e. The fraction of sp³-hybridized carbons (Fsp3) is 0.500. The van der Waals surface area contributed by atoms with Crippen LogP contribution < -0.4 is 5.32 Å². The minimum atomic E-state index is -4.51. The van der Waals surface area contributed by atoms with Gasteiger partial charge in [0.05, 0.1) is 32.5 Å². The number of esters is 1. The number of hydrogen-bond acceptors (Lipinski definition) is 10. The molecule has 0 aromatic heterocycles. The van der Waals surface area contributed by atoms with Gasteiger partial charge in [-0.05, 0) is 28.7 Å². The average molecular weight is 943 g/mol. The average Bonchev–Trinajstić information content (AvgIpc) is 3.36. The normalized spacial score (nSPS) is 13.0. The van der Waals surface area contributed by atoms with Crippen LogP contribution in [0, 0.1) is 0 Å². The van der Waals surface area contributed by atoms with Gasteiger partial charge >= 0.3 is 19.9 Å². The first-order valence-corrected chi connectivity index (χ1v) is 25.8. The molecule has 366 valence electrons. The van der Waals surface area contributed by atoms with E-state index in [0.29, 0.717) is 12.0 Å². The summed E-state index contributed by atoms with van der Waals surface area (Å²) in [6, 6.07) is 35.3. The standard InChI is InChI=1S/C54H75N2O10P/c1-3-4-5-6-7-8-9-10-11-12-13-14-15-16-29-38-52(57)56(2)39-50(61-40-46-30-21-17-22-31-46)44-65-67(60,64-43-49-36-27-20-28-37-49)66-45-51(53(58)62-41-47-32-23-18-24-33-47)55-54(59)63-42-48-34-25-19-26-35-48/h17-28,30-37,50-51H,3-16,29,38-45H2,1-2H3,(H,55,59)/t50-,51+,67?/m1/s1. The first kappa shape index (κ1) is 54.8. The molecule has 0 aliphatic carbocycles. The zero-order valence-corrected chi connectivity index (χ0v) is 40.8. The van der Waals surface area contributed by atoms with Crippen LogP contribution in [-0.2, 0) is 68.4 Å². The van der Waals surface area contributed by atoms with Crippen molar-refractivity contribution in [3.63, 3.8) is 0 Å². The number of benzene rings is 4. The topological polar surface area (TPSA) is 139 Å². The molecule has 0 aliphatic heterocycles. The van der Waals surface area contributed by atoms with Crippen molar-refractivity contribution in [3.05, 3.63) is 144 Å². The van der Waals surface area contributed by atoms with Crippen LogP contribution in [0.1, 0.15) is 132 Å². The maximum absolute atomic E-state index is 14.6. The number of nitrogens with zero attached hydrogens (tertiary/aromatic N) is 1. The van der Waals surface area contributed by atoms with Crippen molar-refractivity contribution in [1.29, 1.82) is 0 Å². The number of alkyl carbamates (subject to hydrolysis) is 1. The van der Waals surface area contributed by atoms with E-state index in [-0.39, 0.29) is 45.5 Å². The quantitative estimate of drug-likeness (QED) is 0.0266. The molecule has 0 aliphatic rings. The number of phosphoric acid groups is 1. The number of amides is 2. The zero-order chi connectivity index (χ0) is 47.6. The molecule has 12 nitrogen and oxygen atoms in total. The highest BCUT2D eigenvalue weighted by Crippen LogP contribution is 2.50. The highest BCUT2D eigenvalue weighted by Gasteiger charge is 2.34. The predicted octanol–water partition coefficient (Wildman–Crippen LogP) is 12.7. The minimum Gasteiger partial charge on any atom is -0.459 e. The fourth-order valence-electron chi connectivity index (χ4n) is 7.27. The van der Waals surface area contributed by atoms with Crippen molar-refractivity contribution in [2.24, 2.45) is 0 Å². The smallest absolute Gasteiger partial charge is 0.459 e. The van der Waals surface area contributed by atoms with Gasteiger partial charge in [-0.3, -0.25) is 18.4 Å². The molecule has 0 spiro atoms. The number of nitrogens with one attached hydrogen (secondary N) is 1. The summed E-state index contributed by atoms with van der Waals surface area (Å²) >= 11 is 0. The van der Waals surface area contributed by atoms with Crippen LogP contribution in [0.4, 0.5) is 4.79 Å². The summed E-state index contributed by atoms with van der Waals surface area (Å²) in [6.07, 6.45) is 17.5. The number of carbonyl (C=O) groups is 3. The Hall–Kier alpha value is -4.84. The lowest BCUT2D eigenvalue weighted by Gasteiger charge is -2.27. The van der Waals surface area contributed by atoms with Crippen LogP contribution in [0.25, 0.3) is 0 Å². The van der Waals surface area contributed by atoms with E-state index >= 15 is 0 Å². The third-order valence-electron chi connectivity index (χ3n) is 11.3. The molecule has 1 N–H and O–H groups in total. The molecule has 2 amide bonds. The predicted molar refractivity (Wildman–Crippen MR) is 263 cm³/mol. The van der Waals surface area contributed by atoms with Gasteiger partial charge in [-0.25, -0.2) is 14.2 Å². The highest BCUT2D eigenvalue weighted by molar-refractivity contribution is 7.48. The fourth-order valence-corrected chi connectivity index (χ4v) is 8.48. The monoisotopic (exact) mass is 943 g/mol. The molecule has 1 unspecified atom stereocenters. The molecule has 4 aromatic carbocycles. The van der Waals surface area contributed by atoms with Gasteiger partial charge in [0.25, 0.3) is 0 Å². The van der Waals surface area contributed by atoms with Crippen LogP contribution in [-0.4, -0.2) is 61.8 Å². The van der Waals surface area contributed by atoms with Gasteiger partial charge < -0.3 is 24.4 Å². The third-order valence-corrected chi connectivity index (χ3v) is 12.7. The number of rotatable bonds is 36. The number of phosphoric ester groups is 1. The first-order chi connectivity index (χ1) is 32.7. The Labute approximate surface area is 400 Å². The molecule has 0 fully saturated rings. The minimum absolute atomic E-state index is 0.0233. The van der Waals surface area contributed by atoms with E-state index in [2.05, 4.69) is 12.2 Å². The van der Waals surface area contributed by atoms with Crippen molar-refractivity contribution in [2.75, 3.05) is 26.8 Å². The van der Waals surface area contributed by atoms with E-state index in [1.807, 2.05) is 84.9 Å². The number of ether oxygens (including phenoxy) is 3. The number of unbranched alkanes of at least 4 members (excludes halogenated alkanes) is 14. The van der Waals surface area contributed by atoms with E-state index < -0.39 is 38.6 Å². The summed E-state index contributed by atoms with van der Waals surface area (Å²) in [5.74, 6) is -0.877. The highest BCUT2D eigenvalue weighted by atomic mass is 31.2. The SMILES string of the molecule is CCCCCCCCCCCCCCCCCC(=O)N(C)C[C@H](COP(=O)(OCc1ccccc1)OC[C@H](NC(=O)OCc1ccccc1)C(=O)OCc1ccccc1)OCc1ccccc1. The second kappa shape index (κ2) is 33.6. The Kier molecular flexibility index (Phi) is 27.5. The summed E-state index contributed by atoms with van der Waals surface area (Å²) in [5, 5.41) is 2.50. The summed E-state index contributed by atoms with van der Waals surface area (Å²) in [6.45, 7) is 1.39. The molecule has 0 saturated carbocycles. The molecule has 4 rings (SSSR count). The molecule has 0 saturated heterocycles. The van der Waals surface area contributed by atoms with Gasteiger partial charge in [-0.2, -0.15) is 0 Å². The first-order valence-electron chi connectivity index (χ1n) is 24.4. The molecule has 3 atom stereocenters. The molecule has 0 heterocycles. The maximum atomic E-state index is 14.6. The summed E-state index contributed by atoms with van der Waals surface area (Å²) in [7, 11) is -2.78. The molecular formula is C54H75N2O10P. The summed E-state index contributed by atoms with van der Waals surface area (Å²) < 4.78 is 49.5. The van der Waals surface area contributed by atoms with Crippen molar-refractivity contribution < 1.29 is 46.7 Å². The second-order valence-electron chi connectivity index (χ2n) is 17.0. The lowest BCUT2D eigenvalue weighted by molar-refractivity contribution is -0.148. The van der Waals surface area contributed by atoms with E-state index in [1.54, 1.807) is 48.3 Å². The Bertz CT molecular complexity index is 1960. The Morgan fingerprint density at radius 3 is 1.43 bits per heavy atom. The summed E-state index contributed by atoms with van der Waals surface area (Å²) in [5.41, 5.74) is 3.06. The van der Waals surface area contributed by atoms with Gasteiger partial charge in [0, 0.05) is 20.0 Å². The van der Waals surface area contributed by atoms with Gasteiger partial charge in [0.1, 0.15) is 13.2 Å². The Balaban J connectivity index is 1.34. The van der Waals surface area contributed by atoms with E-state index in [9.17, 15) is 18.9 Å². The van der Waals surface area contributed by atoms with Crippen molar-refractivity contribution in [3.8, 4) is 0 Å². The molecule has 67 heavy (non-hydrogen) atoms. The van der Waals surface area contributed by atoms with Gasteiger partial charge in [-0.1, -0.05) is 218 Å². The van der Waals surface area contributed by atoms with Gasteiger partial charge in [0.15, 0.2) is 6.04 Å². The Morgan fingerprint density at radius 1 is 0.522 bits per heavy atom. The number of carbonyl (C=O) groups excluding carboxylic acids is 3. The molecule has 0 radical (unpaired) electrons. The van der Waals surface area contributed by atoms with Crippen molar-refractivity contribution in [2.45, 2.75) is 148 Å². The zero-order valence-electron chi connectivity index (χ0n) is 39.9. The van der Waals surface area contributed by atoms with Gasteiger partial charge in [0.2, 0.25) is 5.91 Å². The Morgan fingerprint density at radius 2 is 0.940 bits per heavy atom. The van der Waals surface area contributed by atoms with Crippen LogP contribution >= 0.6 is 7.82 Å². The molecular weight excluding hydrogens is 868 g/mol. The lowest BCUT2D eigenvalue weighted by Crippen LogP contribution is -2.45. The number of likely N-dealkylation sites (N-methyl/N-ethyl adjacent to an activating group) is 1. The molecule has 4 aromatic rings. The second-order valence-corrected chi connectivity index (χ2v) is 18.7. The van der Waals surface area contributed by atoms with E-state index in [4.69, 9.17) is 27.8 Å². The molecule has 0 bridgehead atoms. The number of hydrogen-bond donors (Lipinski definition) is 1. The van der Waals surface area contributed by atoms with E-state index in [1.165, 1.54) is 77.0 Å². The van der Waals surface area contributed by atoms with E-state index in [0.717, 1.165) is 36.0 Å². The van der Waals surface area contributed by atoms with Gasteiger partial charge in [-0.15, -0.1) is 0 Å². The van der Waals surface area contributed by atoms with Crippen LogP contribution in [0.2, 0.25) is 0 Å². The van der Waals surface area contributed by atoms with Crippen LogP contribution in [0.5, 0.6) is 0 Å². The van der Waals surface area contributed by atoms with Crippen LogP contribution in [0.3, 0.4) is 0 Å². The lowest BCUT2D eigenvalue weighted by atomic mass is 10.0. The third kappa shape index (κ3) is 24.7. The van der Waals surface area contributed by atoms with Crippen LogP contribution in [0.15, 0.2) is 121 Å². The summed E-state index contributed by atoms with van der Waals surface area (Å²) in [4.78, 5) is 41.5. The maximum Gasteiger partial charge on any atom is 0.475 e. The van der Waals surface area contributed by atoms with Crippen molar-refractivity contribution >= 4 is 25.8 Å².